The second kappa shape index (κ2) is 9.94. The highest BCUT2D eigenvalue weighted by Gasteiger charge is 2.22. The van der Waals surface area contributed by atoms with E-state index in [9.17, 15) is 0 Å². The van der Waals surface area contributed by atoms with Crippen LogP contribution in [-0.2, 0) is 6.42 Å². The van der Waals surface area contributed by atoms with E-state index in [1.54, 1.807) is 0 Å². The first-order chi connectivity index (χ1) is 8.08. The van der Waals surface area contributed by atoms with Crippen LogP contribution in [0.5, 0.6) is 0 Å². The van der Waals surface area contributed by atoms with Gasteiger partial charge in [0.15, 0.2) is 0 Å². The van der Waals surface area contributed by atoms with Gasteiger partial charge in [-0.25, -0.2) is 0 Å². The molecule has 0 aliphatic rings. The Hall–Kier alpha value is -1.04. The van der Waals surface area contributed by atoms with Crippen molar-refractivity contribution >= 4 is 0 Å². The summed E-state index contributed by atoms with van der Waals surface area (Å²) in [4.78, 5) is 0. The monoisotopic (exact) mass is 248 g/mol. The Bertz CT molecular complexity index is 310. The molecule has 0 saturated heterocycles. The minimum absolute atomic E-state index is 0. The van der Waals surface area contributed by atoms with Gasteiger partial charge in [-0.1, -0.05) is 77.6 Å². The van der Waals surface area contributed by atoms with Gasteiger partial charge < -0.3 is 0 Å². The third kappa shape index (κ3) is 6.05. The Morgan fingerprint density at radius 2 is 1.67 bits per heavy atom. The second-order valence-electron chi connectivity index (χ2n) is 4.68. The summed E-state index contributed by atoms with van der Waals surface area (Å²) in [6.07, 6.45) is 3.52. The number of aryl methyl sites for hydroxylation is 1. The van der Waals surface area contributed by atoms with E-state index < -0.39 is 0 Å². The van der Waals surface area contributed by atoms with Gasteiger partial charge in [-0.2, -0.15) is 0 Å². The van der Waals surface area contributed by atoms with E-state index >= 15 is 0 Å². The molecule has 1 atom stereocenters. The van der Waals surface area contributed by atoms with E-state index in [4.69, 9.17) is 0 Å². The molecule has 18 heavy (non-hydrogen) atoms. The number of allylic oxidation sites excluding steroid dienone is 1. The van der Waals surface area contributed by atoms with Gasteiger partial charge in [0.1, 0.15) is 0 Å². The fraction of sp³-hybridized carbons (Fsp3) is 0.556. The molecule has 0 bridgehead atoms. The SMILES string of the molecule is C.C=C(C)[C@@](C)(CC)CCc1ccccc1.CC. The number of hydrogen-bond acceptors (Lipinski definition) is 0. The van der Waals surface area contributed by atoms with Crippen molar-refractivity contribution in [1.29, 1.82) is 0 Å². The fourth-order valence-corrected chi connectivity index (χ4v) is 1.76. The summed E-state index contributed by atoms with van der Waals surface area (Å²) >= 11 is 0. The molecule has 104 valence electrons. The molecule has 1 rings (SSSR count). The molecule has 1 aromatic rings. The Morgan fingerprint density at radius 1 is 1.17 bits per heavy atom. The van der Waals surface area contributed by atoms with Crippen molar-refractivity contribution in [3.05, 3.63) is 48.0 Å². The number of rotatable bonds is 5. The second-order valence-corrected chi connectivity index (χ2v) is 4.68. The van der Waals surface area contributed by atoms with Crippen LogP contribution in [0.1, 0.15) is 60.5 Å². The molecule has 0 amide bonds. The first kappa shape index (κ1) is 19.3. The highest BCUT2D eigenvalue weighted by atomic mass is 14.3. The van der Waals surface area contributed by atoms with Gasteiger partial charge in [-0.3, -0.25) is 0 Å². The first-order valence-electron chi connectivity index (χ1n) is 6.78. The van der Waals surface area contributed by atoms with Crippen molar-refractivity contribution in [1.82, 2.24) is 0 Å². The normalized spacial score (nSPS) is 12.5. The molecule has 0 nitrogen and oxygen atoms in total. The Morgan fingerprint density at radius 3 is 2.06 bits per heavy atom. The number of hydrogen-bond donors (Lipinski definition) is 0. The minimum Gasteiger partial charge on any atom is -0.0996 e. The predicted molar refractivity (Wildman–Crippen MR) is 86.1 cm³/mol. The van der Waals surface area contributed by atoms with Crippen LogP contribution in [0.25, 0.3) is 0 Å². The van der Waals surface area contributed by atoms with E-state index in [0.29, 0.717) is 5.41 Å². The van der Waals surface area contributed by atoms with E-state index in [2.05, 4.69) is 57.7 Å². The Labute approximate surface area is 115 Å². The smallest absolute Gasteiger partial charge is 0.0121 e. The molecular weight excluding hydrogens is 216 g/mol. The van der Waals surface area contributed by atoms with Gasteiger partial charge >= 0.3 is 0 Å². The van der Waals surface area contributed by atoms with E-state index in [0.717, 1.165) is 6.42 Å². The van der Waals surface area contributed by atoms with Gasteiger partial charge in [0, 0.05) is 0 Å². The van der Waals surface area contributed by atoms with Gasteiger partial charge in [0.25, 0.3) is 0 Å². The summed E-state index contributed by atoms with van der Waals surface area (Å²) in [5, 5.41) is 0. The van der Waals surface area contributed by atoms with Crippen molar-refractivity contribution in [2.45, 2.75) is 61.3 Å². The van der Waals surface area contributed by atoms with Crippen LogP contribution in [0.2, 0.25) is 0 Å². The summed E-state index contributed by atoms with van der Waals surface area (Å²) in [6, 6.07) is 10.7. The summed E-state index contributed by atoms with van der Waals surface area (Å²) < 4.78 is 0. The predicted octanol–water partition coefficient (Wildman–Crippen LogP) is 6.27. The summed E-state index contributed by atoms with van der Waals surface area (Å²) in [5.41, 5.74) is 3.04. The van der Waals surface area contributed by atoms with Gasteiger partial charge in [0.2, 0.25) is 0 Å². The molecular formula is C18H32. The minimum atomic E-state index is 0. The lowest BCUT2D eigenvalue weighted by atomic mass is 9.76. The lowest BCUT2D eigenvalue weighted by Crippen LogP contribution is -2.17. The molecule has 0 aliphatic carbocycles. The zero-order chi connectivity index (χ0) is 13.3. The first-order valence-corrected chi connectivity index (χ1v) is 6.78. The molecule has 0 aliphatic heterocycles. The van der Waals surface area contributed by atoms with Crippen molar-refractivity contribution in [3.63, 3.8) is 0 Å². The highest BCUT2D eigenvalue weighted by Crippen LogP contribution is 2.34. The molecule has 0 heterocycles. The van der Waals surface area contributed by atoms with Crippen LogP contribution in [0.3, 0.4) is 0 Å². The maximum Gasteiger partial charge on any atom is -0.0121 e. The lowest BCUT2D eigenvalue weighted by Gasteiger charge is -2.29. The van der Waals surface area contributed by atoms with Gasteiger partial charge in [-0.15, -0.1) is 0 Å². The Balaban J connectivity index is 0. The maximum absolute atomic E-state index is 4.11. The lowest BCUT2D eigenvalue weighted by molar-refractivity contribution is 0.352. The average Bonchev–Trinajstić information content (AvgIpc) is 2.39. The third-order valence-electron chi connectivity index (χ3n) is 3.62. The third-order valence-corrected chi connectivity index (χ3v) is 3.62. The molecule has 0 N–H and O–H groups in total. The van der Waals surface area contributed by atoms with Crippen LogP contribution >= 0.6 is 0 Å². The number of benzene rings is 1. The van der Waals surface area contributed by atoms with Crippen molar-refractivity contribution < 1.29 is 0 Å². The van der Waals surface area contributed by atoms with Gasteiger partial charge in [-0.05, 0) is 37.2 Å². The summed E-state index contributed by atoms with van der Waals surface area (Å²) in [5.74, 6) is 0. The van der Waals surface area contributed by atoms with Gasteiger partial charge in [0.05, 0.1) is 0 Å². The summed E-state index contributed by atoms with van der Waals surface area (Å²) in [7, 11) is 0. The van der Waals surface area contributed by atoms with Crippen molar-refractivity contribution in [2.75, 3.05) is 0 Å². The zero-order valence-electron chi connectivity index (χ0n) is 12.2. The average molecular weight is 248 g/mol. The largest absolute Gasteiger partial charge is 0.0996 e. The van der Waals surface area contributed by atoms with Crippen molar-refractivity contribution in [2.24, 2.45) is 5.41 Å². The Kier molecular flexibility index (Phi) is 10.7. The quantitative estimate of drug-likeness (QED) is 0.538. The van der Waals surface area contributed by atoms with Crippen LogP contribution in [0, 0.1) is 5.41 Å². The standard InChI is InChI=1S/C15H22.C2H6.CH4/c1-5-15(4,13(2)3)12-11-14-9-7-6-8-10-14;1-2;/h6-10H,2,5,11-12H2,1,3-4H3;1-2H3;1H4/t15-;;/m0../s1. The molecule has 0 unspecified atom stereocenters. The molecule has 0 spiro atoms. The van der Waals surface area contributed by atoms with Crippen LogP contribution in [0.4, 0.5) is 0 Å². The van der Waals surface area contributed by atoms with E-state index in [-0.39, 0.29) is 7.43 Å². The van der Waals surface area contributed by atoms with E-state index in [1.807, 2.05) is 13.8 Å². The molecule has 0 heteroatoms. The molecule has 0 saturated carbocycles. The molecule has 0 radical (unpaired) electrons. The topological polar surface area (TPSA) is 0 Å². The summed E-state index contributed by atoms with van der Waals surface area (Å²) in [6.45, 7) is 14.8. The van der Waals surface area contributed by atoms with E-state index in [1.165, 1.54) is 24.0 Å². The van der Waals surface area contributed by atoms with Crippen molar-refractivity contribution in [3.8, 4) is 0 Å². The molecule has 1 aromatic carbocycles. The van der Waals surface area contributed by atoms with Crippen LogP contribution < -0.4 is 0 Å². The van der Waals surface area contributed by atoms with Crippen LogP contribution in [0.15, 0.2) is 42.5 Å². The molecule has 0 aromatic heterocycles. The highest BCUT2D eigenvalue weighted by molar-refractivity contribution is 5.16. The zero-order valence-corrected chi connectivity index (χ0v) is 12.2. The molecule has 0 fully saturated rings. The maximum atomic E-state index is 4.11. The fourth-order valence-electron chi connectivity index (χ4n) is 1.76. The van der Waals surface area contributed by atoms with Crippen LogP contribution in [-0.4, -0.2) is 0 Å².